The SMILES string of the molecule is COc1ccc([C@H]2c3sc(=O)[nH]c3S[C@@H]3[C@@H]4C[C@H]([C@H]5C(=O)N(c6cccc(C(F)(F)F)c6)C(=O)[C@@H]45)[C@H]23)cc1. The summed E-state index contributed by atoms with van der Waals surface area (Å²) in [5, 5.41) is 0.807. The molecule has 1 N–H and O–H groups in total. The average Bonchev–Trinajstić information content (AvgIpc) is 3.62. The monoisotopic (exact) mass is 558 g/mol. The van der Waals surface area contributed by atoms with Crippen molar-refractivity contribution in [2.45, 2.75) is 28.8 Å². The molecule has 2 aliphatic heterocycles. The second kappa shape index (κ2) is 8.22. The molecule has 1 aromatic heterocycles. The predicted octanol–water partition coefficient (Wildman–Crippen LogP) is 5.14. The molecule has 2 aromatic carbocycles. The normalized spacial score (nSPS) is 31.4. The van der Waals surface area contributed by atoms with E-state index in [9.17, 15) is 27.6 Å². The van der Waals surface area contributed by atoms with Crippen LogP contribution in [0.1, 0.15) is 28.3 Å². The smallest absolute Gasteiger partial charge is 0.416 e. The molecule has 2 saturated carbocycles. The number of hydrogen-bond donors (Lipinski definition) is 1. The number of nitrogens with zero attached hydrogens (tertiary/aromatic N) is 1. The lowest BCUT2D eigenvalue weighted by atomic mass is 9.68. The number of anilines is 1. The highest BCUT2D eigenvalue weighted by Crippen LogP contribution is 2.68. The third-order valence-corrected chi connectivity index (χ3v) is 11.2. The van der Waals surface area contributed by atoms with Gasteiger partial charge in [0.2, 0.25) is 11.8 Å². The van der Waals surface area contributed by atoms with Crippen LogP contribution >= 0.6 is 23.1 Å². The number of nitrogens with one attached hydrogen (secondary N) is 1. The highest BCUT2D eigenvalue weighted by molar-refractivity contribution is 8.00. The van der Waals surface area contributed by atoms with Gasteiger partial charge in [0.1, 0.15) is 5.75 Å². The van der Waals surface area contributed by atoms with Crippen LogP contribution in [0.3, 0.4) is 0 Å². The number of halogens is 3. The van der Waals surface area contributed by atoms with Crippen LogP contribution in [0.5, 0.6) is 5.75 Å². The molecule has 7 rings (SSSR count). The molecule has 4 aliphatic rings. The van der Waals surface area contributed by atoms with E-state index in [0.29, 0.717) is 12.2 Å². The van der Waals surface area contributed by atoms with E-state index in [-0.39, 0.29) is 39.5 Å². The maximum atomic E-state index is 13.7. The Kier molecular flexibility index (Phi) is 5.20. The zero-order valence-corrected chi connectivity index (χ0v) is 21.5. The van der Waals surface area contributed by atoms with Crippen molar-refractivity contribution >= 4 is 40.6 Å². The standard InChI is InChI=1S/C27H21F3N2O4S2/c1-36-14-7-5-11(6-8-14)17-18-15-10-16(21(18)37-23-22(17)38-26(35)31-23)20-19(15)24(33)32(25(20)34)13-4-2-3-12(9-13)27(28,29)30/h2-9,15-21H,10H2,1H3,(H,31,35)/t15-,16+,17+,18+,19+,20-,21+/m0/s1. The third kappa shape index (κ3) is 3.30. The number of H-pyrrole nitrogens is 1. The number of amides is 2. The average molecular weight is 559 g/mol. The topological polar surface area (TPSA) is 79.5 Å². The number of aromatic amines is 1. The summed E-state index contributed by atoms with van der Waals surface area (Å²) in [5.74, 6) is -1.63. The van der Waals surface area contributed by atoms with Crippen molar-refractivity contribution in [3.8, 4) is 5.75 Å². The van der Waals surface area contributed by atoms with Gasteiger partial charge < -0.3 is 9.72 Å². The molecule has 7 atom stereocenters. The molecule has 3 fully saturated rings. The van der Waals surface area contributed by atoms with Crippen LogP contribution in [0.25, 0.3) is 0 Å². The number of benzene rings is 2. The lowest BCUT2D eigenvalue weighted by Gasteiger charge is -2.43. The molecule has 0 radical (unpaired) electrons. The predicted molar refractivity (Wildman–Crippen MR) is 135 cm³/mol. The number of imide groups is 1. The van der Waals surface area contributed by atoms with Crippen LogP contribution in [0.15, 0.2) is 58.4 Å². The first kappa shape index (κ1) is 24.0. The minimum Gasteiger partial charge on any atom is -0.497 e. The molecule has 0 spiro atoms. The first-order valence-corrected chi connectivity index (χ1v) is 14.0. The molecule has 11 heteroatoms. The van der Waals surface area contributed by atoms with E-state index in [1.165, 1.54) is 23.5 Å². The van der Waals surface area contributed by atoms with Gasteiger partial charge >= 0.3 is 11.0 Å². The Bertz CT molecular complexity index is 1530. The lowest BCUT2D eigenvalue weighted by molar-refractivity contribution is -0.137. The van der Waals surface area contributed by atoms with Crippen molar-refractivity contribution in [2.24, 2.45) is 29.6 Å². The van der Waals surface area contributed by atoms with Gasteiger partial charge in [-0.05, 0) is 60.1 Å². The van der Waals surface area contributed by atoms with Gasteiger partial charge in [0.15, 0.2) is 0 Å². The number of thioether (sulfide) groups is 1. The van der Waals surface area contributed by atoms with Crippen molar-refractivity contribution in [1.82, 2.24) is 4.98 Å². The number of carbonyl (C=O) groups excluding carboxylic acids is 2. The minimum atomic E-state index is -4.58. The molecule has 1 saturated heterocycles. The summed E-state index contributed by atoms with van der Waals surface area (Å²) in [7, 11) is 1.59. The van der Waals surface area contributed by atoms with Gasteiger partial charge in [-0.1, -0.05) is 29.5 Å². The van der Waals surface area contributed by atoms with Crippen molar-refractivity contribution < 1.29 is 27.5 Å². The van der Waals surface area contributed by atoms with E-state index in [1.807, 2.05) is 24.3 Å². The number of rotatable bonds is 3. The van der Waals surface area contributed by atoms with Crippen LogP contribution in [-0.2, 0) is 15.8 Å². The highest BCUT2D eigenvalue weighted by Gasteiger charge is 2.69. The molecule has 0 unspecified atom stereocenters. The fraction of sp³-hybridized carbons (Fsp3) is 0.370. The van der Waals surface area contributed by atoms with E-state index in [1.54, 1.807) is 18.9 Å². The van der Waals surface area contributed by atoms with Gasteiger partial charge in [0.25, 0.3) is 0 Å². The zero-order chi connectivity index (χ0) is 26.5. The van der Waals surface area contributed by atoms with Crippen molar-refractivity contribution in [1.29, 1.82) is 0 Å². The zero-order valence-electron chi connectivity index (χ0n) is 19.9. The van der Waals surface area contributed by atoms with Crippen LogP contribution < -0.4 is 14.5 Å². The fourth-order valence-corrected chi connectivity index (χ4v) is 10.2. The molecule has 3 heterocycles. The van der Waals surface area contributed by atoms with E-state index >= 15 is 0 Å². The molecular weight excluding hydrogens is 537 g/mol. The summed E-state index contributed by atoms with van der Waals surface area (Å²) < 4.78 is 45.4. The molecule has 196 valence electrons. The van der Waals surface area contributed by atoms with Crippen LogP contribution in [0.2, 0.25) is 0 Å². The molecule has 38 heavy (non-hydrogen) atoms. The fourth-order valence-electron chi connectivity index (χ4n) is 7.28. The third-order valence-electron chi connectivity index (χ3n) is 8.63. The molecule has 2 amide bonds. The Morgan fingerprint density at radius 1 is 1.00 bits per heavy atom. The number of ether oxygens (including phenoxy) is 1. The number of carbonyl (C=O) groups is 2. The first-order valence-electron chi connectivity index (χ1n) is 12.3. The number of aromatic nitrogens is 1. The Balaban J connectivity index is 1.29. The Hall–Kier alpha value is -3.05. The summed E-state index contributed by atoms with van der Waals surface area (Å²) in [4.78, 5) is 44.5. The Morgan fingerprint density at radius 2 is 1.71 bits per heavy atom. The maximum absolute atomic E-state index is 13.7. The summed E-state index contributed by atoms with van der Waals surface area (Å²) in [6.45, 7) is 0. The van der Waals surface area contributed by atoms with E-state index < -0.39 is 35.4 Å². The van der Waals surface area contributed by atoms with E-state index in [2.05, 4.69) is 4.98 Å². The highest BCUT2D eigenvalue weighted by atomic mass is 32.2. The van der Waals surface area contributed by atoms with Gasteiger partial charge in [-0.15, -0.1) is 11.8 Å². The first-order chi connectivity index (χ1) is 18.2. The number of alkyl halides is 3. The van der Waals surface area contributed by atoms with Gasteiger partial charge in [0.05, 0.1) is 35.2 Å². The van der Waals surface area contributed by atoms with Gasteiger partial charge in [-0.3, -0.25) is 19.3 Å². The molecule has 3 aromatic rings. The van der Waals surface area contributed by atoms with Gasteiger partial charge in [-0.25, -0.2) is 0 Å². The van der Waals surface area contributed by atoms with Gasteiger partial charge in [-0.2, -0.15) is 13.2 Å². The van der Waals surface area contributed by atoms with Crippen LogP contribution in [0, 0.1) is 29.6 Å². The molecule has 2 bridgehead atoms. The largest absolute Gasteiger partial charge is 0.497 e. The summed E-state index contributed by atoms with van der Waals surface area (Å²) in [6.07, 6.45) is -3.88. The Labute approximate surface area is 223 Å². The summed E-state index contributed by atoms with van der Waals surface area (Å²) in [5.41, 5.74) is 0.0791. The Morgan fingerprint density at radius 3 is 2.39 bits per heavy atom. The van der Waals surface area contributed by atoms with Crippen LogP contribution in [-0.4, -0.2) is 29.2 Å². The summed E-state index contributed by atoms with van der Waals surface area (Å²) in [6, 6.07) is 12.1. The van der Waals surface area contributed by atoms with Crippen molar-refractivity contribution in [3.05, 3.63) is 74.2 Å². The number of thiazole rings is 1. The molecular formula is C27H21F3N2O4S2. The quantitative estimate of drug-likeness (QED) is 0.451. The van der Waals surface area contributed by atoms with E-state index in [4.69, 9.17) is 4.74 Å². The number of methoxy groups -OCH3 is 1. The second-order valence-electron chi connectivity index (χ2n) is 10.3. The number of fused-ring (bicyclic) bond motifs is 9. The summed E-state index contributed by atoms with van der Waals surface area (Å²) >= 11 is 2.75. The minimum absolute atomic E-state index is 0.00399. The van der Waals surface area contributed by atoms with Crippen molar-refractivity contribution in [3.63, 3.8) is 0 Å². The van der Waals surface area contributed by atoms with Crippen molar-refractivity contribution in [2.75, 3.05) is 12.0 Å². The number of hydrogen-bond acceptors (Lipinski definition) is 6. The van der Waals surface area contributed by atoms with E-state index in [0.717, 1.165) is 32.5 Å². The van der Waals surface area contributed by atoms with Crippen LogP contribution in [0.4, 0.5) is 18.9 Å². The maximum Gasteiger partial charge on any atom is 0.416 e. The second-order valence-corrected chi connectivity index (χ2v) is 12.5. The lowest BCUT2D eigenvalue weighted by Crippen LogP contribution is -2.42. The molecule has 2 aliphatic carbocycles. The molecule has 6 nitrogen and oxygen atoms in total. The van der Waals surface area contributed by atoms with Gasteiger partial charge in [0, 0.05) is 16.0 Å².